The second kappa shape index (κ2) is 5.69. The SMILES string of the molecule is Cc1nnc([C@H](C)Oc2ccc(Br)cc2-c2ccon2)[nH]1. The fourth-order valence-corrected chi connectivity index (χ4v) is 2.31. The Morgan fingerprint density at radius 2 is 2.14 bits per heavy atom. The van der Waals surface area contributed by atoms with Gasteiger partial charge in [-0.2, -0.15) is 0 Å². The van der Waals surface area contributed by atoms with Crippen LogP contribution in [0.2, 0.25) is 0 Å². The molecule has 3 rings (SSSR count). The predicted molar refractivity (Wildman–Crippen MR) is 79.8 cm³/mol. The quantitative estimate of drug-likeness (QED) is 0.778. The highest BCUT2D eigenvalue weighted by Gasteiger charge is 2.16. The number of aromatic amines is 1. The lowest BCUT2D eigenvalue weighted by Crippen LogP contribution is -2.06. The number of nitrogens with zero attached hydrogens (tertiary/aromatic N) is 3. The van der Waals surface area contributed by atoms with Crippen LogP contribution in [-0.4, -0.2) is 20.3 Å². The van der Waals surface area contributed by atoms with E-state index in [1.165, 1.54) is 6.26 Å². The second-order valence-electron chi connectivity index (χ2n) is 4.58. The Balaban J connectivity index is 1.92. The number of nitrogens with one attached hydrogen (secondary N) is 1. The molecule has 1 aromatic carbocycles. The van der Waals surface area contributed by atoms with Gasteiger partial charge in [0.2, 0.25) is 0 Å². The first kappa shape index (κ1) is 13.8. The van der Waals surface area contributed by atoms with E-state index in [9.17, 15) is 0 Å². The highest BCUT2D eigenvalue weighted by molar-refractivity contribution is 9.10. The van der Waals surface area contributed by atoms with Crippen molar-refractivity contribution in [3.05, 3.63) is 46.7 Å². The molecule has 0 saturated heterocycles. The van der Waals surface area contributed by atoms with Crippen LogP contribution in [0.5, 0.6) is 5.75 Å². The van der Waals surface area contributed by atoms with Crippen LogP contribution in [0.1, 0.15) is 24.7 Å². The van der Waals surface area contributed by atoms with Gasteiger partial charge in [-0.1, -0.05) is 21.1 Å². The molecule has 0 radical (unpaired) electrons. The van der Waals surface area contributed by atoms with Crippen LogP contribution in [0.3, 0.4) is 0 Å². The molecule has 7 heteroatoms. The second-order valence-corrected chi connectivity index (χ2v) is 5.50. The molecule has 0 saturated carbocycles. The molecule has 2 heterocycles. The van der Waals surface area contributed by atoms with Crippen LogP contribution < -0.4 is 4.74 Å². The van der Waals surface area contributed by atoms with Crippen LogP contribution in [0.25, 0.3) is 11.3 Å². The molecule has 0 aliphatic heterocycles. The van der Waals surface area contributed by atoms with Gasteiger partial charge >= 0.3 is 0 Å². The molecule has 0 bridgehead atoms. The first-order chi connectivity index (χ1) is 10.1. The summed E-state index contributed by atoms with van der Waals surface area (Å²) in [6, 6.07) is 7.52. The van der Waals surface area contributed by atoms with Gasteiger partial charge in [0.25, 0.3) is 0 Å². The van der Waals surface area contributed by atoms with Crippen molar-refractivity contribution in [1.29, 1.82) is 0 Å². The number of benzene rings is 1. The van der Waals surface area contributed by atoms with Gasteiger partial charge in [0.15, 0.2) is 11.9 Å². The number of hydrogen-bond donors (Lipinski definition) is 1. The van der Waals surface area contributed by atoms with Crippen molar-refractivity contribution in [3.63, 3.8) is 0 Å². The summed E-state index contributed by atoms with van der Waals surface area (Å²) in [5.74, 6) is 2.14. The molecule has 1 N–H and O–H groups in total. The molecule has 0 amide bonds. The summed E-state index contributed by atoms with van der Waals surface area (Å²) in [6.07, 6.45) is 1.28. The van der Waals surface area contributed by atoms with Gasteiger partial charge in [-0.25, -0.2) is 0 Å². The van der Waals surface area contributed by atoms with Gasteiger partial charge in [-0.15, -0.1) is 10.2 Å². The lowest BCUT2D eigenvalue weighted by atomic mass is 10.1. The number of aryl methyl sites for hydroxylation is 1. The molecule has 108 valence electrons. The van der Waals surface area contributed by atoms with E-state index in [-0.39, 0.29) is 6.10 Å². The summed E-state index contributed by atoms with van der Waals surface area (Å²) in [5.41, 5.74) is 1.56. The average Bonchev–Trinajstić information content (AvgIpc) is 3.11. The Bertz CT molecular complexity index is 739. The molecule has 0 aliphatic carbocycles. The number of rotatable bonds is 4. The number of aromatic nitrogens is 4. The summed E-state index contributed by atoms with van der Waals surface area (Å²) in [5, 5.41) is 12.0. The largest absolute Gasteiger partial charge is 0.482 e. The van der Waals surface area contributed by atoms with E-state index >= 15 is 0 Å². The molecule has 0 spiro atoms. The smallest absolute Gasteiger partial charge is 0.171 e. The van der Waals surface area contributed by atoms with E-state index < -0.39 is 0 Å². The fourth-order valence-electron chi connectivity index (χ4n) is 1.95. The minimum Gasteiger partial charge on any atom is -0.482 e. The zero-order valence-electron chi connectivity index (χ0n) is 11.5. The van der Waals surface area contributed by atoms with E-state index in [0.29, 0.717) is 17.3 Å². The molecule has 0 unspecified atom stereocenters. The third-order valence-electron chi connectivity index (χ3n) is 2.96. The molecular formula is C14H13BrN4O2. The highest BCUT2D eigenvalue weighted by Crippen LogP contribution is 2.34. The number of ether oxygens (including phenoxy) is 1. The fraction of sp³-hybridized carbons (Fsp3) is 0.214. The number of hydrogen-bond acceptors (Lipinski definition) is 5. The first-order valence-electron chi connectivity index (χ1n) is 6.39. The van der Waals surface area contributed by atoms with Crippen LogP contribution in [-0.2, 0) is 0 Å². The van der Waals surface area contributed by atoms with Crippen LogP contribution in [0, 0.1) is 6.92 Å². The third kappa shape index (κ3) is 2.97. The molecule has 3 aromatic rings. The third-order valence-corrected chi connectivity index (χ3v) is 3.45. The highest BCUT2D eigenvalue weighted by atomic mass is 79.9. The minimum atomic E-state index is -0.252. The van der Waals surface area contributed by atoms with E-state index in [4.69, 9.17) is 9.26 Å². The minimum absolute atomic E-state index is 0.252. The van der Waals surface area contributed by atoms with Gasteiger partial charge in [0.05, 0.1) is 0 Å². The maximum atomic E-state index is 5.99. The van der Waals surface area contributed by atoms with Crippen LogP contribution in [0.15, 0.2) is 39.5 Å². The van der Waals surface area contributed by atoms with E-state index in [2.05, 4.69) is 36.3 Å². The van der Waals surface area contributed by atoms with Crippen LogP contribution >= 0.6 is 15.9 Å². The van der Waals surface area contributed by atoms with Crippen molar-refractivity contribution in [3.8, 4) is 17.0 Å². The average molecular weight is 349 g/mol. The molecule has 6 nitrogen and oxygen atoms in total. The maximum absolute atomic E-state index is 5.99. The molecule has 0 aliphatic rings. The van der Waals surface area contributed by atoms with Crippen molar-refractivity contribution in [2.75, 3.05) is 0 Å². The first-order valence-corrected chi connectivity index (χ1v) is 7.19. The molecule has 0 fully saturated rings. The maximum Gasteiger partial charge on any atom is 0.171 e. The van der Waals surface area contributed by atoms with E-state index in [1.807, 2.05) is 32.0 Å². The van der Waals surface area contributed by atoms with Crippen molar-refractivity contribution in [1.82, 2.24) is 20.3 Å². The number of halogens is 1. The van der Waals surface area contributed by atoms with Crippen molar-refractivity contribution in [2.45, 2.75) is 20.0 Å². The standard InChI is InChI=1S/C14H13BrN4O2/c1-8(14-16-9(2)17-18-14)21-13-4-3-10(15)7-11(13)12-5-6-20-19-12/h3-8H,1-2H3,(H,16,17,18)/t8-/m0/s1. The molecule has 21 heavy (non-hydrogen) atoms. The Hall–Kier alpha value is -2.15. The van der Waals surface area contributed by atoms with E-state index in [1.54, 1.807) is 6.07 Å². The van der Waals surface area contributed by atoms with Crippen molar-refractivity contribution in [2.24, 2.45) is 0 Å². The van der Waals surface area contributed by atoms with Crippen molar-refractivity contribution >= 4 is 15.9 Å². The van der Waals surface area contributed by atoms with Gasteiger partial charge in [-0.05, 0) is 32.0 Å². The topological polar surface area (TPSA) is 76.8 Å². The van der Waals surface area contributed by atoms with Gasteiger partial charge in [0, 0.05) is 16.1 Å². The van der Waals surface area contributed by atoms with E-state index in [0.717, 1.165) is 15.9 Å². The Morgan fingerprint density at radius 3 is 2.81 bits per heavy atom. The predicted octanol–water partition coefficient (Wildman–Crippen LogP) is 3.67. The summed E-state index contributed by atoms with van der Waals surface area (Å²) >= 11 is 3.45. The van der Waals surface area contributed by atoms with Crippen LogP contribution in [0.4, 0.5) is 0 Å². The van der Waals surface area contributed by atoms with Gasteiger partial charge < -0.3 is 14.2 Å². The summed E-state index contributed by atoms with van der Waals surface area (Å²) in [7, 11) is 0. The van der Waals surface area contributed by atoms with Gasteiger partial charge in [-0.3, -0.25) is 0 Å². The van der Waals surface area contributed by atoms with Crippen molar-refractivity contribution < 1.29 is 9.26 Å². The molecule has 1 atom stereocenters. The zero-order valence-corrected chi connectivity index (χ0v) is 13.1. The Labute approximate surface area is 129 Å². The summed E-state index contributed by atoms with van der Waals surface area (Å²) in [4.78, 5) is 3.07. The monoisotopic (exact) mass is 348 g/mol. The zero-order chi connectivity index (χ0) is 14.8. The lowest BCUT2D eigenvalue weighted by molar-refractivity contribution is 0.217. The molecular weight excluding hydrogens is 336 g/mol. The Kier molecular flexibility index (Phi) is 3.74. The lowest BCUT2D eigenvalue weighted by Gasteiger charge is -2.15. The number of H-pyrrole nitrogens is 1. The van der Waals surface area contributed by atoms with Gasteiger partial charge in [0.1, 0.15) is 23.5 Å². The summed E-state index contributed by atoms with van der Waals surface area (Å²) < 4.78 is 11.8. The summed E-state index contributed by atoms with van der Waals surface area (Å²) in [6.45, 7) is 3.76. The molecule has 2 aromatic heterocycles. The normalized spacial score (nSPS) is 12.3. The Morgan fingerprint density at radius 1 is 1.29 bits per heavy atom.